The zero-order chi connectivity index (χ0) is 17.1. The minimum Gasteiger partial charge on any atom is -0.431 e. The van der Waals surface area contributed by atoms with Crippen molar-refractivity contribution in [3.8, 4) is 22.6 Å². The Kier molecular flexibility index (Phi) is 5.29. The molecule has 0 aliphatic rings. The molecule has 0 saturated carbocycles. The molecule has 1 aromatic heterocycles. The molecule has 3 nitrogen and oxygen atoms in total. The molecule has 1 radical (unpaired) electrons. The highest BCUT2D eigenvalue weighted by Gasteiger charge is 2.19. The van der Waals surface area contributed by atoms with Crippen LogP contribution in [0.3, 0.4) is 0 Å². The highest BCUT2D eigenvalue weighted by Crippen LogP contribution is 2.37. The van der Waals surface area contributed by atoms with E-state index in [1.54, 1.807) is 31.2 Å². The van der Waals surface area contributed by atoms with Crippen LogP contribution in [0.1, 0.15) is 6.92 Å². The van der Waals surface area contributed by atoms with Crippen LogP contribution in [0.25, 0.3) is 22.6 Å². The normalized spacial score (nSPS) is 12.1. The molecule has 0 fully saturated rings. The maximum atomic E-state index is 10.8. The van der Waals surface area contributed by atoms with Crippen molar-refractivity contribution in [1.29, 1.82) is 0 Å². The van der Waals surface area contributed by atoms with E-state index in [2.05, 4.69) is 4.98 Å². The Bertz CT molecular complexity index is 781. The lowest BCUT2D eigenvalue weighted by atomic mass is 10.1. The summed E-state index contributed by atoms with van der Waals surface area (Å²) in [5.41, 5.74) is 2.42. The second kappa shape index (κ2) is 7.43. The summed E-state index contributed by atoms with van der Waals surface area (Å²) in [5.74, 6) is 0.620. The standard InChI is InChI=1S/C18H12Cl2NO2S/c1-11(10-22)24-18-21-16(12-2-6-14(19)7-3-12)17(23-18)13-4-8-15(20)9-5-13/h2-9,11H,1H3. The van der Waals surface area contributed by atoms with Gasteiger partial charge in [0.1, 0.15) is 5.69 Å². The second-order valence-electron chi connectivity index (χ2n) is 5.05. The van der Waals surface area contributed by atoms with Crippen molar-refractivity contribution in [2.45, 2.75) is 17.4 Å². The lowest BCUT2D eigenvalue weighted by Gasteiger charge is -2.02. The second-order valence-corrected chi connectivity index (χ2v) is 7.21. The van der Waals surface area contributed by atoms with Crippen molar-refractivity contribution in [1.82, 2.24) is 4.98 Å². The van der Waals surface area contributed by atoms with Crippen LogP contribution < -0.4 is 0 Å². The monoisotopic (exact) mass is 376 g/mol. The summed E-state index contributed by atoms with van der Waals surface area (Å²) in [6, 6.07) is 14.7. The van der Waals surface area contributed by atoms with Gasteiger partial charge >= 0.3 is 0 Å². The van der Waals surface area contributed by atoms with Crippen molar-refractivity contribution in [3.05, 3.63) is 58.6 Å². The van der Waals surface area contributed by atoms with Crippen molar-refractivity contribution < 1.29 is 9.21 Å². The number of rotatable bonds is 5. The summed E-state index contributed by atoms with van der Waals surface area (Å²) >= 11 is 13.1. The van der Waals surface area contributed by atoms with Crippen LogP contribution in [-0.4, -0.2) is 16.5 Å². The van der Waals surface area contributed by atoms with E-state index >= 15 is 0 Å². The van der Waals surface area contributed by atoms with E-state index < -0.39 is 0 Å². The number of hydrogen-bond acceptors (Lipinski definition) is 4. The molecule has 3 aromatic rings. The van der Waals surface area contributed by atoms with Gasteiger partial charge < -0.3 is 4.42 Å². The number of nitrogens with zero attached hydrogens (tertiary/aromatic N) is 1. The van der Waals surface area contributed by atoms with Gasteiger partial charge in [0.2, 0.25) is 6.29 Å². The highest BCUT2D eigenvalue weighted by atomic mass is 35.5. The Hall–Kier alpha value is -1.75. The van der Waals surface area contributed by atoms with E-state index in [1.165, 1.54) is 11.8 Å². The number of aromatic nitrogens is 1. The topological polar surface area (TPSA) is 43.1 Å². The smallest absolute Gasteiger partial charge is 0.257 e. The largest absolute Gasteiger partial charge is 0.431 e. The molecule has 0 N–H and O–H groups in total. The molecule has 0 aliphatic heterocycles. The van der Waals surface area contributed by atoms with Crippen LogP contribution in [0.2, 0.25) is 10.0 Å². The molecule has 2 aromatic carbocycles. The molecule has 0 spiro atoms. The lowest BCUT2D eigenvalue weighted by Crippen LogP contribution is -1.95. The van der Waals surface area contributed by atoms with Crippen LogP contribution >= 0.6 is 35.0 Å². The predicted molar refractivity (Wildman–Crippen MR) is 98.4 cm³/mol. The van der Waals surface area contributed by atoms with Crippen molar-refractivity contribution in [3.63, 3.8) is 0 Å². The predicted octanol–water partition coefficient (Wildman–Crippen LogP) is 5.91. The third kappa shape index (κ3) is 3.83. The zero-order valence-corrected chi connectivity index (χ0v) is 15.0. The van der Waals surface area contributed by atoms with Crippen molar-refractivity contribution >= 4 is 41.2 Å². The van der Waals surface area contributed by atoms with Gasteiger partial charge in [-0.1, -0.05) is 47.1 Å². The molecule has 1 unspecified atom stereocenters. The average Bonchev–Trinajstić information content (AvgIpc) is 2.99. The fraction of sp³-hybridized carbons (Fsp3) is 0.111. The first-order valence-electron chi connectivity index (χ1n) is 7.14. The average molecular weight is 377 g/mol. The number of oxazole rings is 1. The minimum absolute atomic E-state index is 0.361. The maximum Gasteiger partial charge on any atom is 0.257 e. The zero-order valence-electron chi connectivity index (χ0n) is 12.6. The molecular weight excluding hydrogens is 365 g/mol. The molecule has 1 heterocycles. The van der Waals surface area contributed by atoms with E-state index in [0.29, 0.717) is 26.7 Å². The first kappa shape index (κ1) is 17.1. The van der Waals surface area contributed by atoms with E-state index in [4.69, 9.17) is 27.6 Å². The Morgan fingerprint density at radius 2 is 1.54 bits per heavy atom. The number of carbonyl (C=O) groups excluding carboxylic acids is 1. The first-order chi connectivity index (χ1) is 11.6. The molecule has 0 saturated heterocycles. The van der Waals surface area contributed by atoms with Gasteiger partial charge in [-0.05, 0) is 43.3 Å². The minimum atomic E-state index is -0.361. The fourth-order valence-electron chi connectivity index (χ4n) is 2.13. The molecule has 1 atom stereocenters. The van der Waals surface area contributed by atoms with Gasteiger partial charge in [-0.2, -0.15) is 0 Å². The fourth-order valence-corrected chi connectivity index (χ4v) is 3.00. The van der Waals surface area contributed by atoms with Crippen molar-refractivity contribution in [2.75, 3.05) is 0 Å². The lowest BCUT2D eigenvalue weighted by molar-refractivity contribution is 0.465. The summed E-state index contributed by atoms with van der Waals surface area (Å²) in [7, 11) is 0. The number of hydrogen-bond donors (Lipinski definition) is 0. The van der Waals surface area contributed by atoms with E-state index in [1.807, 2.05) is 30.6 Å². The summed E-state index contributed by atoms with van der Waals surface area (Å²) in [4.78, 5) is 15.3. The third-order valence-corrected chi connectivity index (χ3v) is 4.61. The third-order valence-electron chi connectivity index (χ3n) is 3.28. The van der Waals surface area contributed by atoms with Crippen LogP contribution in [0, 0.1) is 0 Å². The summed E-state index contributed by atoms with van der Waals surface area (Å²) in [6.45, 7) is 1.74. The van der Waals surface area contributed by atoms with Gasteiger partial charge in [-0.15, -0.1) is 0 Å². The quantitative estimate of drug-likeness (QED) is 0.519. The van der Waals surface area contributed by atoms with E-state index in [9.17, 15) is 4.79 Å². The Labute approximate surface area is 154 Å². The van der Waals surface area contributed by atoms with E-state index in [-0.39, 0.29) is 5.25 Å². The van der Waals surface area contributed by atoms with Gasteiger partial charge in [-0.25, -0.2) is 4.98 Å². The molecule has 0 bridgehead atoms. The summed E-state index contributed by atoms with van der Waals surface area (Å²) in [5, 5.41) is 1.35. The Balaban J connectivity index is 2.08. The van der Waals surface area contributed by atoms with Gasteiger partial charge in [0.15, 0.2) is 5.76 Å². The van der Waals surface area contributed by atoms with Gasteiger partial charge in [0.05, 0.1) is 5.25 Å². The van der Waals surface area contributed by atoms with Gasteiger partial charge in [0.25, 0.3) is 5.22 Å². The first-order valence-corrected chi connectivity index (χ1v) is 8.77. The molecule has 3 rings (SSSR count). The van der Waals surface area contributed by atoms with Gasteiger partial charge in [-0.3, -0.25) is 4.79 Å². The molecule has 121 valence electrons. The van der Waals surface area contributed by atoms with Crippen LogP contribution in [0.5, 0.6) is 0 Å². The van der Waals surface area contributed by atoms with Crippen molar-refractivity contribution in [2.24, 2.45) is 0 Å². The number of halogens is 2. The van der Waals surface area contributed by atoms with Gasteiger partial charge in [0, 0.05) is 21.2 Å². The molecular formula is C18H12Cl2NO2S. The van der Waals surface area contributed by atoms with E-state index in [0.717, 1.165) is 11.1 Å². The molecule has 24 heavy (non-hydrogen) atoms. The number of benzene rings is 2. The van der Waals surface area contributed by atoms with Crippen LogP contribution in [-0.2, 0) is 4.79 Å². The Morgan fingerprint density at radius 1 is 1.00 bits per heavy atom. The maximum absolute atomic E-state index is 10.8. The molecule has 0 aliphatic carbocycles. The molecule has 6 heteroatoms. The highest BCUT2D eigenvalue weighted by molar-refractivity contribution is 8.00. The number of thioether (sulfide) groups is 1. The van der Waals surface area contributed by atoms with Crippen LogP contribution in [0.4, 0.5) is 0 Å². The molecule has 0 amide bonds. The SMILES string of the molecule is CC([C]=O)Sc1nc(-c2ccc(Cl)cc2)c(-c2ccc(Cl)cc2)o1. The van der Waals surface area contributed by atoms with Crippen LogP contribution in [0.15, 0.2) is 58.2 Å². The summed E-state index contributed by atoms with van der Waals surface area (Å²) in [6.07, 6.45) is 1.91. The Morgan fingerprint density at radius 3 is 2.08 bits per heavy atom. The summed E-state index contributed by atoms with van der Waals surface area (Å²) < 4.78 is 5.89.